The van der Waals surface area contributed by atoms with Crippen molar-refractivity contribution in [3.63, 3.8) is 0 Å². The fourth-order valence-corrected chi connectivity index (χ4v) is 2.95. The second kappa shape index (κ2) is 8.50. The van der Waals surface area contributed by atoms with Crippen LogP contribution in [0.15, 0.2) is 24.3 Å². The fourth-order valence-electron chi connectivity index (χ4n) is 2.95. The number of unbranched alkanes of at least 4 members (excludes halogenated alkanes) is 1. The average molecular weight is 321 g/mol. The van der Waals surface area contributed by atoms with Crippen molar-refractivity contribution in [2.75, 3.05) is 31.1 Å². The zero-order chi connectivity index (χ0) is 16.7. The van der Waals surface area contributed by atoms with Gasteiger partial charge in [-0.25, -0.2) is 9.18 Å². The Bertz CT molecular complexity index is 521. The third-order valence-corrected chi connectivity index (χ3v) is 4.12. The van der Waals surface area contributed by atoms with E-state index in [0.29, 0.717) is 32.6 Å². The molecule has 5 nitrogen and oxygen atoms in total. The molecule has 1 saturated heterocycles. The molecule has 2 amide bonds. The van der Waals surface area contributed by atoms with Crippen LogP contribution in [0.4, 0.5) is 14.9 Å². The molecule has 1 aliphatic heterocycles. The zero-order valence-electron chi connectivity index (χ0n) is 13.5. The van der Waals surface area contributed by atoms with Gasteiger partial charge in [-0.05, 0) is 44.0 Å². The Morgan fingerprint density at radius 1 is 1.35 bits per heavy atom. The lowest BCUT2D eigenvalue weighted by atomic mass is 10.0. The summed E-state index contributed by atoms with van der Waals surface area (Å²) in [4.78, 5) is 26.8. The smallest absolute Gasteiger partial charge is 0.317 e. The molecule has 6 heteroatoms. The van der Waals surface area contributed by atoms with Crippen molar-refractivity contribution in [3.8, 4) is 0 Å². The zero-order valence-corrected chi connectivity index (χ0v) is 13.5. The van der Waals surface area contributed by atoms with Crippen molar-refractivity contribution in [1.29, 1.82) is 0 Å². The highest BCUT2D eigenvalue weighted by Gasteiger charge is 2.29. The van der Waals surface area contributed by atoms with E-state index in [-0.39, 0.29) is 17.9 Å². The van der Waals surface area contributed by atoms with Crippen molar-refractivity contribution < 1.29 is 14.0 Å². The molecule has 1 fully saturated rings. The number of halogens is 1. The van der Waals surface area contributed by atoms with Gasteiger partial charge in [0.05, 0.1) is 6.04 Å². The van der Waals surface area contributed by atoms with Crippen LogP contribution in [-0.2, 0) is 4.79 Å². The standard InChI is InChI=1S/C17H24FN3O2/c1-2-19-17(23)21-11-10-20(13-16(21)5-3-4-12-22)15-8-6-14(18)7-9-15/h6-9,12,16H,2-5,10-11,13H2,1H3,(H,19,23). The molecule has 0 aliphatic carbocycles. The lowest BCUT2D eigenvalue weighted by Gasteiger charge is -2.42. The Morgan fingerprint density at radius 3 is 2.74 bits per heavy atom. The molecule has 0 spiro atoms. The van der Waals surface area contributed by atoms with E-state index in [1.54, 1.807) is 12.1 Å². The molecule has 1 N–H and O–H groups in total. The summed E-state index contributed by atoms with van der Waals surface area (Å²) in [5, 5.41) is 2.85. The summed E-state index contributed by atoms with van der Waals surface area (Å²) in [5.41, 5.74) is 0.960. The van der Waals surface area contributed by atoms with E-state index in [2.05, 4.69) is 10.2 Å². The summed E-state index contributed by atoms with van der Waals surface area (Å²) in [6, 6.07) is 6.43. The lowest BCUT2D eigenvalue weighted by molar-refractivity contribution is -0.108. The number of piperazine rings is 1. The minimum atomic E-state index is -0.253. The van der Waals surface area contributed by atoms with Gasteiger partial charge in [-0.2, -0.15) is 0 Å². The molecular weight excluding hydrogens is 297 g/mol. The Labute approximate surface area is 136 Å². The molecule has 0 bridgehead atoms. The van der Waals surface area contributed by atoms with E-state index in [0.717, 1.165) is 24.8 Å². The maximum Gasteiger partial charge on any atom is 0.317 e. The molecule has 1 aromatic rings. The van der Waals surface area contributed by atoms with Gasteiger partial charge in [-0.15, -0.1) is 0 Å². The maximum atomic E-state index is 13.1. The summed E-state index contributed by atoms with van der Waals surface area (Å²) >= 11 is 0. The number of anilines is 1. The van der Waals surface area contributed by atoms with Gasteiger partial charge in [-0.3, -0.25) is 0 Å². The SMILES string of the molecule is CCNC(=O)N1CCN(c2ccc(F)cc2)CC1CCCC=O. The van der Waals surface area contributed by atoms with Gasteiger partial charge >= 0.3 is 6.03 Å². The van der Waals surface area contributed by atoms with Crippen LogP contribution in [0.3, 0.4) is 0 Å². The Kier molecular flexibility index (Phi) is 6.38. The van der Waals surface area contributed by atoms with E-state index in [1.165, 1.54) is 12.1 Å². The molecular formula is C17H24FN3O2. The third-order valence-electron chi connectivity index (χ3n) is 4.12. The van der Waals surface area contributed by atoms with E-state index < -0.39 is 0 Å². The van der Waals surface area contributed by atoms with Crippen LogP contribution in [0.2, 0.25) is 0 Å². The third kappa shape index (κ3) is 4.68. The first kappa shape index (κ1) is 17.2. The minimum Gasteiger partial charge on any atom is -0.368 e. The largest absolute Gasteiger partial charge is 0.368 e. The fraction of sp³-hybridized carbons (Fsp3) is 0.529. The Balaban J connectivity index is 2.06. The second-order valence-corrected chi connectivity index (χ2v) is 5.70. The quantitative estimate of drug-likeness (QED) is 0.647. The molecule has 1 unspecified atom stereocenters. The Morgan fingerprint density at radius 2 is 2.09 bits per heavy atom. The highest BCUT2D eigenvalue weighted by Crippen LogP contribution is 2.22. The number of urea groups is 1. The van der Waals surface area contributed by atoms with Crippen molar-refractivity contribution in [3.05, 3.63) is 30.1 Å². The molecule has 1 aromatic carbocycles. The number of benzene rings is 1. The van der Waals surface area contributed by atoms with Crippen molar-refractivity contribution in [1.82, 2.24) is 10.2 Å². The highest BCUT2D eigenvalue weighted by atomic mass is 19.1. The molecule has 1 heterocycles. The number of nitrogens with one attached hydrogen (secondary N) is 1. The molecule has 23 heavy (non-hydrogen) atoms. The van der Waals surface area contributed by atoms with E-state index in [1.807, 2.05) is 11.8 Å². The van der Waals surface area contributed by atoms with Crippen LogP contribution in [0, 0.1) is 5.82 Å². The number of carbonyl (C=O) groups excluding carboxylic acids is 2. The number of hydrogen-bond donors (Lipinski definition) is 1. The summed E-state index contributed by atoms with van der Waals surface area (Å²) in [5.74, 6) is -0.253. The lowest BCUT2D eigenvalue weighted by Crippen LogP contribution is -2.57. The van der Waals surface area contributed by atoms with Gasteiger partial charge in [0, 0.05) is 38.3 Å². The van der Waals surface area contributed by atoms with Crippen molar-refractivity contribution >= 4 is 18.0 Å². The van der Waals surface area contributed by atoms with Gasteiger partial charge in [-0.1, -0.05) is 0 Å². The first-order chi connectivity index (χ1) is 11.2. The molecule has 1 atom stereocenters. The molecule has 1 aliphatic rings. The summed E-state index contributed by atoms with van der Waals surface area (Å²) in [6.07, 6.45) is 2.97. The van der Waals surface area contributed by atoms with Crippen LogP contribution in [0.1, 0.15) is 26.2 Å². The first-order valence-corrected chi connectivity index (χ1v) is 8.14. The predicted molar refractivity (Wildman–Crippen MR) is 88.1 cm³/mol. The molecule has 0 aromatic heterocycles. The van der Waals surface area contributed by atoms with Crippen LogP contribution >= 0.6 is 0 Å². The number of hydrogen-bond acceptors (Lipinski definition) is 3. The maximum absolute atomic E-state index is 13.1. The summed E-state index contributed by atoms with van der Waals surface area (Å²) in [7, 11) is 0. The van der Waals surface area contributed by atoms with Gasteiger partial charge in [0.2, 0.25) is 0 Å². The van der Waals surface area contributed by atoms with Crippen molar-refractivity contribution in [2.24, 2.45) is 0 Å². The summed E-state index contributed by atoms with van der Waals surface area (Å²) < 4.78 is 13.1. The summed E-state index contributed by atoms with van der Waals surface area (Å²) in [6.45, 7) is 4.52. The molecule has 2 rings (SSSR count). The van der Waals surface area contributed by atoms with Crippen LogP contribution in [0.5, 0.6) is 0 Å². The number of rotatable bonds is 6. The number of aldehydes is 1. The van der Waals surface area contributed by atoms with Gasteiger partial charge in [0.25, 0.3) is 0 Å². The van der Waals surface area contributed by atoms with Crippen molar-refractivity contribution in [2.45, 2.75) is 32.2 Å². The number of nitrogens with zero attached hydrogens (tertiary/aromatic N) is 2. The Hall–Kier alpha value is -2.11. The molecule has 0 saturated carbocycles. The highest BCUT2D eigenvalue weighted by molar-refractivity contribution is 5.75. The molecule has 0 radical (unpaired) electrons. The van der Waals surface area contributed by atoms with Gasteiger partial charge < -0.3 is 19.9 Å². The number of carbonyl (C=O) groups is 2. The van der Waals surface area contributed by atoms with Crippen LogP contribution < -0.4 is 10.2 Å². The molecule has 126 valence electrons. The predicted octanol–water partition coefficient (Wildman–Crippen LogP) is 2.42. The van der Waals surface area contributed by atoms with Crippen LogP contribution in [-0.4, -0.2) is 49.4 Å². The number of amides is 2. The van der Waals surface area contributed by atoms with Gasteiger partial charge in [0.1, 0.15) is 12.1 Å². The monoisotopic (exact) mass is 321 g/mol. The average Bonchev–Trinajstić information content (AvgIpc) is 2.56. The van der Waals surface area contributed by atoms with E-state index in [4.69, 9.17) is 0 Å². The first-order valence-electron chi connectivity index (χ1n) is 8.14. The van der Waals surface area contributed by atoms with E-state index in [9.17, 15) is 14.0 Å². The van der Waals surface area contributed by atoms with Gasteiger partial charge in [0.15, 0.2) is 0 Å². The van der Waals surface area contributed by atoms with E-state index >= 15 is 0 Å². The topological polar surface area (TPSA) is 52.7 Å². The normalized spacial score (nSPS) is 17.9. The van der Waals surface area contributed by atoms with Crippen LogP contribution in [0.25, 0.3) is 0 Å². The second-order valence-electron chi connectivity index (χ2n) is 5.70. The minimum absolute atomic E-state index is 0.0534.